The number of fused-ring (bicyclic) bond motifs is 1. The average Bonchev–Trinajstić information content (AvgIpc) is 3.14. The molecule has 1 atom stereocenters. The number of rotatable bonds is 7. The third kappa shape index (κ3) is 5.24. The average molecular weight is 422 g/mol. The molecular formula is C27H32FNO2. The summed E-state index contributed by atoms with van der Waals surface area (Å²) in [7, 11) is 1.42. The molecule has 1 fully saturated rings. The van der Waals surface area contributed by atoms with Gasteiger partial charge in [0.2, 0.25) is 0 Å². The van der Waals surface area contributed by atoms with Crippen LogP contribution in [-0.4, -0.2) is 44.3 Å². The van der Waals surface area contributed by atoms with Crippen LogP contribution in [0.5, 0.6) is 0 Å². The Bertz CT molecular complexity index is 935. The molecular weight excluding hydrogens is 389 g/mol. The van der Waals surface area contributed by atoms with Gasteiger partial charge < -0.3 is 9.64 Å². The zero-order valence-electron chi connectivity index (χ0n) is 18.4. The van der Waals surface area contributed by atoms with Crippen molar-refractivity contribution in [1.82, 2.24) is 4.90 Å². The Kier molecular flexibility index (Phi) is 7.18. The Labute approximate surface area is 184 Å². The topological polar surface area (TPSA) is 29.5 Å². The highest BCUT2D eigenvalue weighted by Gasteiger charge is 2.22. The summed E-state index contributed by atoms with van der Waals surface area (Å²) in [6.45, 7) is 2.85. The largest absolute Gasteiger partial charge is 0.465 e. The normalized spacial score (nSPS) is 18.9. The number of alkyl halides is 1. The van der Waals surface area contributed by atoms with Crippen molar-refractivity contribution in [2.24, 2.45) is 5.92 Å². The molecule has 2 aromatic rings. The van der Waals surface area contributed by atoms with Gasteiger partial charge in [-0.15, -0.1) is 0 Å². The number of benzene rings is 2. The van der Waals surface area contributed by atoms with Crippen LogP contribution in [0.2, 0.25) is 0 Å². The number of nitrogens with zero attached hydrogens (tertiary/aromatic N) is 1. The fraction of sp³-hybridized carbons (Fsp3) is 0.444. The SMILES string of the molecule is COC(=O)c1ccc2c(c1)CCCC=C2c1ccc(CC2CCN(CCCF)C2)cc1. The molecule has 0 aromatic heterocycles. The van der Waals surface area contributed by atoms with E-state index in [0.717, 1.165) is 45.3 Å². The summed E-state index contributed by atoms with van der Waals surface area (Å²) in [5, 5.41) is 0. The minimum atomic E-state index is -0.280. The molecule has 2 aromatic carbocycles. The maximum Gasteiger partial charge on any atom is 0.337 e. The van der Waals surface area contributed by atoms with Crippen LogP contribution in [0.1, 0.15) is 58.3 Å². The predicted octanol–water partition coefficient (Wildman–Crippen LogP) is 5.47. The van der Waals surface area contributed by atoms with E-state index in [1.165, 1.54) is 41.4 Å². The summed E-state index contributed by atoms with van der Waals surface area (Å²) < 4.78 is 17.3. The highest BCUT2D eigenvalue weighted by molar-refractivity contribution is 5.91. The lowest BCUT2D eigenvalue weighted by Gasteiger charge is -2.16. The van der Waals surface area contributed by atoms with Crippen LogP contribution in [0.4, 0.5) is 4.39 Å². The molecule has 3 nitrogen and oxygen atoms in total. The van der Waals surface area contributed by atoms with E-state index in [-0.39, 0.29) is 12.6 Å². The number of likely N-dealkylation sites (tertiary alicyclic amines) is 1. The molecule has 1 heterocycles. The first-order valence-electron chi connectivity index (χ1n) is 11.5. The summed E-state index contributed by atoms with van der Waals surface area (Å²) in [6, 6.07) is 14.9. The summed E-state index contributed by atoms with van der Waals surface area (Å²) in [5.74, 6) is 0.386. The number of halogens is 1. The number of carbonyl (C=O) groups excluding carboxylic acids is 1. The molecule has 1 aliphatic carbocycles. The van der Waals surface area contributed by atoms with E-state index in [0.29, 0.717) is 17.9 Å². The Morgan fingerprint density at radius 1 is 1.19 bits per heavy atom. The van der Waals surface area contributed by atoms with Gasteiger partial charge in [-0.05, 0) is 90.9 Å². The molecule has 0 radical (unpaired) electrons. The Morgan fingerprint density at radius 2 is 2.03 bits per heavy atom. The second-order valence-electron chi connectivity index (χ2n) is 8.77. The van der Waals surface area contributed by atoms with E-state index < -0.39 is 0 Å². The first-order chi connectivity index (χ1) is 15.2. The first-order valence-corrected chi connectivity index (χ1v) is 11.5. The van der Waals surface area contributed by atoms with Gasteiger partial charge >= 0.3 is 5.97 Å². The Morgan fingerprint density at radius 3 is 2.81 bits per heavy atom. The Hall–Kier alpha value is -2.46. The van der Waals surface area contributed by atoms with E-state index in [4.69, 9.17) is 4.74 Å². The number of esters is 1. The van der Waals surface area contributed by atoms with Crippen molar-refractivity contribution >= 4 is 11.5 Å². The van der Waals surface area contributed by atoms with E-state index in [9.17, 15) is 9.18 Å². The van der Waals surface area contributed by atoms with Crippen molar-refractivity contribution in [3.63, 3.8) is 0 Å². The quantitative estimate of drug-likeness (QED) is 0.556. The molecule has 1 saturated heterocycles. The van der Waals surface area contributed by atoms with Crippen LogP contribution >= 0.6 is 0 Å². The molecule has 4 rings (SSSR count). The second kappa shape index (κ2) is 10.2. The van der Waals surface area contributed by atoms with Crippen molar-refractivity contribution in [2.45, 2.75) is 38.5 Å². The molecule has 0 amide bonds. The number of ether oxygens (including phenoxy) is 1. The van der Waals surface area contributed by atoms with Gasteiger partial charge in [-0.2, -0.15) is 0 Å². The van der Waals surface area contributed by atoms with Crippen molar-refractivity contribution in [1.29, 1.82) is 0 Å². The zero-order valence-corrected chi connectivity index (χ0v) is 18.4. The third-order valence-corrected chi connectivity index (χ3v) is 6.58. The van der Waals surface area contributed by atoms with Gasteiger partial charge in [0.05, 0.1) is 19.3 Å². The highest BCUT2D eigenvalue weighted by atomic mass is 19.1. The second-order valence-corrected chi connectivity index (χ2v) is 8.77. The number of allylic oxidation sites excluding steroid dienone is 1. The molecule has 2 aliphatic rings. The molecule has 1 unspecified atom stereocenters. The number of carbonyl (C=O) groups is 1. The van der Waals surface area contributed by atoms with Crippen LogP contribution in [0.25, 0.3) is 5.57 Å². The van der Waals surface area contributed by atoms with Gasteiger partial charge in [0.25, 0.3) is 0 Å². The van der Waals surface area contributed by atoms with Crippen molar-refractivity contribution in [2.75, 3.05) is 33.4 Å². The van der Waals surface area contributed by atoms with Gasteiger partial charge in [-0.1, -0.05) is 36.4 Å². The first kappa shape index (κ1) is 21.8. The molecule has 0 spiro atoms. The number of hydrogen-bond acceptors (Lipinski definition) is 3. The van der Waals surface area contributed by atoms with Gasteiger partial charge in [0.1, 0.15) is 0 Å². The Balaban J connectivity index is 1.47. The monoisotopic (exact) mass is 421 g/mol. The summed E-state index contributed by atoms with van der Waals surface area (Å²) in [6.07, 6.45) is 8.37. The maximum atomic E-state index is 12.4. The van der Waals surface area contributed by atoms with E-state index >= 15 is 0 Å². The summed E-state index contributed by atoms with van der Waals surface area (Å²) in [4.78, 5) is 14.3. The van der Waals surface area contributed by atoms with Crippen LogP contribution < -0.4 is 0 Å². The fourth-order valence-electron chi connectivity index (χ4n) is 4.95. The van der Waals surface area contributed by atoms with Gasteiger partial charge in [0.15, 0.2) is 0 Å². The smallest absolute Gasteiger partial charge is 0.337 e. The van der Waals surface area contributed by atoms with Crippen LogP contribution in [-0.2, 0) is 17.6 Å². The van der Waals surface area contributed by atoms with E-state index in [1.54, 1.807) is 0 Å². The molecule has 31 heavy (non-hydrogen) atoms. The zero-order chi connectivity index (χ0) is 21.6. The molecule has 0 bridgehead atoms. The van der Waals surface area contributed by atoms with Crippen molar-refractivity contribution in [3.05, 3.63) is 76.4 Å². The molecule has 0 saturated carbocycles. The van der Waals surface area contributed by atoms with Crippen molar-refractivity contribution < 1.29 is 13.9 Å². The van der Waals surface area contributed by atoms with Gasteiger partial charge in [-0.25, -0.2) is 4.79 Å². The minimum Gasteiger partial charge on any atom is -0.465 e. The third-order valence-electron chi connectivity index (χ3n) is 6.58. The molecule has 0 N–H and O–H groups in total. The number of aryl methyl sites for hydroxylation is 1. The lowest BCUT2D eigenvalue weighted by Crippen LogP contribution is -2.22. The molecule has 164 valence electrons. The summed E-state index contributed by atoms with van der Waals surface area (Å²) >= 11 is 0. The standard InChI is InChI=1S/C27H32FNO2/c1-31-27(30)24-11-12-26-23(18-24)5-2-3-6-25(26)22-9-7-20(8-10-22)17-21-13-16-29(19-21)15-4-14-28/h6-12,18,21H,2-5,13-17,19H2,1H3. The fourth-order valence-corrected chi connectivity index (χ4v) is 4.95. The highest BCUT2D eigenvalue weighted by Crippen LogP contribution is 2.32. The molecule has 1 aliphatic heterocycles. The lowest BCUT2D eigenvalue weighted by molar-refractivity contribution is 0.0600. The van der Waals surface area contributed by atoms with E-state index in [2.05, 4.69) is 41.3 Å². The van der Waals surface area contributed by atoms with Crippen LogP contribution in [0.3, 0.4) is 0 Å². The van der Waals surface area contributed by atoms with Crippen molar-refractivity contribution in [3.8, 4) is 0 Å². The molecule has 4 heteroatoms. The van der Waals surface area contributed by atoms with Crippen LogP contribution in [0, 0.1) is 5.92 Å². The van der Waals surface area contributed by atoms with Gasteiger partial charge in [-0.3, -0.25) is 4.39 Å². The predicted molar refractivity (Wildman–Crippen MR) is 123 cm³/mol. The number of methoxy groups -OCH3 is 1. The lowest BCUT2D eigenvalue weighted by atomic mass is 9.91. The minimum absolute atomic E-state index is 0.217. The number of hydrogen-bond donors (Lipinski definition) is 0. The van der Waals surface area contributed by atoms with Crippen LogP contribution in [0.15, 0.2) is 48.5 Å². The van der Waals surface area contributed by atoms with Gasteiger partial charge in [0, 0.05) is 13.1 Å². The maximum absolute atomic E-state index is 12.4. The van der Waals surface area contributed by atoms with E-state index in [1.807, 2.05) is 12.1 Å². The summed E-state index contributed by atoms with van der Waals surface area (Å²) in [5.41, 5.74) is 6.92.